The number of fused-ring (bicyclic) bond motifs is 3. The van der Waals surface area contributed by atoms with Crippen LogP contribution in [0, 0.1) is 0 Å². The van der Waals surface area contributed by atoms with Crippen molar-refractivity contribution in [2.45, 2.75) is 36.4 Å². The van der Waals surface area contributed by atoms with Crippen LogP contribution < -0.4 is 9.47 Å². The van der Waals surface area contributed by atoms with Gasteiger partial charge in [-0.1, -0.05) is 30.3 Å². The molecule has 6 aromatic rings. The fourth-order valence-electron chi connectivity index (χ4n) is 8.44. The molecule has 0 spiro atoms. The van der Waals surface area contributed by atoms with E-state index in [2.05, 4.69) is 0 Å². The first kappa shape index (κ1) is 31.3. The first-order valence-corrected chi connectivity index (χ1v) is 16.8. The Balaban J connectivity index is 1.35. The second kappa shape index (κ2) is 11.4. The molecule has 0 amide bonds. The van der Waals surface area contributed by atoms with Crippen LogP contribution in [0.3, 0.4) is 0 Å². The van der Waals surface area contributed by atoms with Gasteiger partial charge in [0.2, 0.25) is 0 Å². The van der Waals surface area contributed by atoms with Gasteiger partial charge in [-0.15, -0.1) is 0 Å². The summed E-state index contributed by atoms with van der Waals surface area (Å²) < 4.78 is 13.3. The largest absolute Gasteiger partial charge is 0.508 e. The molecule has 1 aliphatic carbocycles. The van der Waals surface area contributed by atoms with E-state index in [1.165, 1.54) is 42.5 Å². The smallest absolute Gasteiger partial charge is 0.135 e. The Kier molecular flexibility index (Phi) is 6.88. The van der Waals surface area contributed by atoms with Crippen LogP contribution in [0.1, 0.15) is 80.0 Å². The fraction of sp³-hybridized carbons (Fsp3) is 0.143. The van der Waals surface area contributed by atoms with Gasteiger partial charge in [-0.3, -0.25) is 0 Å². The van der Waals surface area contributed by atoms with Crippen molar-refractivity contribution in [3.8, 4) is 57.5 Å². The van der Waals surface area contributed by atoms with Crippen LogP contribution in [0.15, 0.2) is 103 Å². The third-order valence-corrected chi connectivity index (χ3v) is 10.5. The summed E-state index contributed by atoms with van der Waals surface area (Å²) in [6, 6.07) is 26.7. The summed E-state index contributed by atoms with van der Waals surface area (Å²) in [6.45, 7) is 0. The zero-order valence-corrected chi connectivity index (χ0v) is 27.3. The minimum atomic E-state index is -0.762. The van der Waals surface area contributed by atoms with Crippen LogP contribution in [0.2, 0.25) is 0 Å². The lowest BCUT2D eigenvalue weighted by Gasteiger charge is -2.27. The standard InChI is InChI=1S/C42H32O10/c43-23-5-1-19(2-6-23)41-36(21-11-26(46)15-27(47)12-21)39-34(52-41)18-31-37(40(39)50)30(29-10-9-25(45)16-32(29)49)14-22-13-28(48)17-33-35(22)38(31)42(51-33)20-3-7-24(44)8-4-20/h1-13,15-18,30,36,38,41-50H,14H2/t30?,36-,38-,41+,42+/m0/s1. The molecular weight excluding hydrogens is 664 g/mol. The lowest BCUT2D eigenvalue weighted by Crippen LogP contribution is -2.15. The molecule has 3 aliphatic rings. The van der Waals surface area contributed by atoms with Crippen molar-refractivity contribution in [2.24, 2.45) is 0 Å². The minimum Gasteiger partial charge on any atom is -0.508 e. The lowest BCUT2D eigenvalue weighted by molar-refractivity contribution is 0.218. The molecule has 2 aliphatic heterocycles. The third kappa shape index (κ3) is 4.86. The van der Waals surface area contributed by atoms with Gasteiger partial charge in [0.05, 0.1) is 11.8 Å². The predicted octanol–water partition coefficient (Wildman–Crippen LogP) is 7.55. The van der Waals surface area contributed by atoms with Gasteiger partial charge < -0.3 is 50.3 Å². The number of phenolic OH excluding ortho intramolecular Hbond substituents is 8. The Morgan fingerprint density at radius 2 is 0.981 bits per heavy atom. The van der Waals surface area contributed by atoms with Gasteiger partial charge in [-0.05, 0) is 88.8 Å². The number of ether oxygens (including phenoxy) is 2. The van der Waals surface area contributed by atoms with E-state index in [4.69, 9.17) is 9.47 Å². The van der Waals surface area contributed by atoms with Crippen molar-refractivity contribution < 1.29 is 50.3 Å². The molecule has 5 atom stereocenters. The van der Waals surface area contributed by atoms with Crippen molar-refractivity contribution >= 4 is 0 Å². The first-order chi connectivity index (χ1) is 25.0. The molecule has 1 unspecified atom stereocenters. The van der Waals surface area contributed by atoms with Crippen LogP contribution in [0.5, 0.6) is 57.5 Å². The van der Waals surface area contributed by atoms with E-state index in [0.717, 1.165) is 16.7 Å². The van der Waals surface area contributed by atoms with Crippen molar-refractivity contribution in [1.82, 2.24) is 0 Å². The van der Waals surface area contributed by atoms with Gasteiger partial charge in [0.15, 0.2) is 0 Å². The second-order valence-corrected chi connectivity index (χ2v) is 13.7. The average Bonchev–Trinajstić information content (AvgIpc) is 3.63. The summed E-state index contributed by atoms with van der Waals surface area (Å²) in [6.07, 6.45) is -1.20. The van der Waals surface area contributed by atoms with Crippen LogP contribution in [-0.2, 0) is 6.42 Å². The van der Waals surface area contributed by atoms with Gasteiger partial charge in [0.25, 0.3) is 0 Å². The summed E-state index contributed by atoms with van der Waals surface area (Å²) in [7, 11) is 0. The summed E-state index contributed by atoms with van der Waals surface area (Å²) in [5, 5.41) is 86.6. The van der Waals surface area contributed by atoms with Crippen molar-refractivity contribution in [2.75, 3.05) is 0 Å². The van der Waals surface area contributed by atoms with Crippen LogP contribution in [0.25, 0.3) is 0 Å². The molecule has 10 heteroatoms. The maximum absolute atomic E-state index is 12.8. The van der Waals surface area contributed by atoms with Gasteiger partial charge >= 0.3 is 0 Å². The van der Waals surface area contributed by atoms with Gasteiger partial charge in [0, 0.05) is 46.4 Å². The highest BCUT2D eigenvalue weighted by Gasteiger charge is 2.48. The molecule has 6 aromatic carbocycles. The Morgan fingerprint density at radius 3 is 1.60 bits per heavy atom. The van der Waals surface area contributed by atoms with Crippen LogP contribution in [-0.4, -0.2) is 40.9 Å². The van der Waals surface area contributed by atoms with Gasteiger partial charge in [-0.2, -0.15) is 0 Å². The van der Waals surface area contributed by atoms with Crippen molar-refractivity contribution in [3.05, 3.63) is 153 Å². The normalized spacial score (nSPS) is 21.0. The predicted molar refractivity (Wildman–Crippen MR) is 188 cm³/mol. The molecule has 9 rings (SSSR count). The molecule has 0 radical (unpaired) electrons. The summed E-state index contributed by atoms with van der Waals surface area (Å²) >= 11 is 0. The number of hydrogen-bond acceptors (Lipinski definition) is 10. The summed E-state index contributed by atoms with van der Waals surface area (Å²) in [5.74, 6) is -1.92. The van der Waals surface area contributed by atoms with Crippen molar-refractivity contribution in [3.63, 3.8) is 0 Å². The molecule has 0 saturated heterocycles. The SMILES string of the molecule is Oc1ccc([C@H]2Oc3cc4c(c(O)c3[C@@H]2c2cc(O)cc(O)c2)C(c2ccc(O)cc2O)Cc2cc(O)cc3c2[C@H]4[C@@H](c2ccc(O)cc2)O3)cc1. The molecule has 260 valence electrons. The van der Waals surface area contributed by atoms with Gasteiger partial charge in [-0.25, -0.2) is 0 Å². The van der Waals surface area contributed by atoms with Crippen LogP contribution in [0.4, 0.5) is 0 Å². The zero-order valence-electron chi connectivity index (χ0n) is 27.3. The number of phenols is 8. The third-order valence-electron chi connectivity index (χ3n) is 10.5. The number of benzene rings is 6. The highest BCUT2D eigenvalue weighted by atomic mass is 16.5. The first-order valence-electron chi connectivity index (χ1n) is 16.8. The van der Waals surface area contributed by atoms with E-state index >= 15 is 0 Å². The van der Waals surface area contributed by atoms with E-state index in [0.29, 0.717) is 44.9 Å². The average molecular weight is 697 g/mol. The number of aromatic hydroxyl groups is 8. The Labute approximate surface area is 296 Å². The maximum atomic E-state index is 12.8. The maximum Gasteiger partial charge on any atom is 0.135 e. The Hall–Kier alpha value is -6.68. The number of hydrogen-bond donors (Lipinski definition) is 8. The molecule has 52 heavy (non-hydrogen) atoms. The molecule has 0 saturated carbocycles. The monoisotopic (exact) mass is 696 g/mol. The summed E-state index contributed by atoms with van der Waals surface area (Å²) in [5.41, 5.74) is 5.29. The molecule has 0 fully saturated rings. The van der Waals surface area contributed by atoms with E-state index in [1.54, 1.807) is 54.6 Å². The summed E-state index contributed by atoms with van der Waals surface area (Å²) in [4.78, 5) is 0. The fourth-order valence-corrected chi connectivity index (χ4v) is 8.44. The number of rotatable bonds is 4. The molecule has 0 bridgehead atoms. The van der Waals surface area contributed by atoms with E-state index in [1.807, 2.05) is 6.07 Å². The van der Waals surface area contributed by atoms with Crippen molar-refractivity contribution in [1.29, 1.82) is 0 Å². The molecule has 2 heterocycles. The van der Waals surface area contributed by atoms with Crippen LogP contribution >= 0.6 is 0 Å². The quantitative estimate of drug-likeness (QED) is 0.0917. The molecule has 0 aromatic heterocycles. The highest BCUT2D eigenvalue weighted by Crippen LogP contribution is 2.63. The van der Waals surface area contributed by atoms with Gasteiger partial charge in [0.1, 0.15) is 69.7 Å². The zero-order chi connectivity index (χ0) is 36.0. The second-order valence-electron chi connectivity index (χ2n) is 13.7. The minimum absolute atomic E-state index is 0.0194. The molecule has 10 nitrogen and oxygen atoms in total. The van der Waals surface area contributed by atoms with E-state index < -0.39 is 30.0 Å². The molecular formula is C42H32O10. The highest BCUT2D eigenvalue weighted by molar-refractivity contribution is 5.70. The molecule has 8 N–H and O–H groups in total. The topological polar surface area (TPSA) is 180 Å². The lowest BCUT2D eigenvalue weighted by atomic mass is 9.77. The van der Waals surface area contributed by atoms with E-state index in [9.17, 15) is 40.9 Å². The van der Waals surface area contributed by atoms with E-state index in [-0.39, 0.29) is 52.4 Å². The Bertz CT molecular complexity index is 2380. The Morgan fingerprint density at radius 1 is 0.423 bits per heavy atom.